The lowest BCUT2D eigenvalue weighted by atomic mass is 10.2. The second-order valence-electron chi connectivity index (χ2n) is 7.62. The minimum absolute atomic E-state index is 0.361. The lowest BCUT2D eigenvalue weighted by Gasteiger charge is -2.16. The van der Waals surface area contributed by atoms with E-state index in [4.69, 9.17) is 14.5 Å². The summed E-state index contributed by atoms with van der Waals surface area (Å²) in [7, 11) is 0. The first kappa shape index (κ1) is 21.2. The van der Waals surface area contributed by atoms with Crippen LogP contribution < -0.4 is 20.1 Å². The molecule has 2 aromatic heterocycles. The first-order valence-corrected chi connectivity index (χ1v) is 11.6. The molecule has 1 unspecified atom stereocenters. The summed E-state index contributed by atoms with van der Waals surface area (Å²) in [4.78, 5) is 6.19. The Bertz CT molecular complexity index is 957. The van der Waals surface area contributed by atoms with Crippen molar-refractivity contribution in [1.82, 2.24) is 15.1 Å². The lowest BCUT2D eigenvalue weighted by Crippen LogP contribution is -2.33. The van der Waals surface area contributed by atoms with Crippen LogP contribution in [0.15, 0.2) is 59.2 Å². The first-order chi connectivity index (χ1) is 15.3. The Morgan fingerprint density at radius 3 is 2.94 bits per heavy atom. The Balaban J connectivity index is 1.41. The topological polar surface area (TPSA) is 72.7 Å². The molecule has 0 aliphatic carbocycles. The number of benzene rings is 1. The van der Waals surface area contributed by atoms with Gasteiger partial charge in [0.1, 0.15) is 0 Å². The molecule has 3 aromatic rings. The normalized spacial score (nSPS) is 14.7. The third-order valence-electron chi connectivity index (χ3n) is 4.87. The number of nitrogens with one attached hydrogen (secondary N) is 2. The van der Waals surface area contributed by atoms with Crippen LogP contribution in [0, 0.1) is 5.92 Å². The van der Waals surface area contributed by atoms with E-state index in [-0.39, 0.29) is 0 Å². The molecule has 31 heavy (non-hydrogen) atoms. The molecule has 0 spiro atoms. The van der Waals surface area contributed by atoms with Crippen molar-refractivity contribution in [3.8, 4) is 11.5 Å². The maximum absolute atomic E-state index is 5.82. The van der Waals surface area contributed by atoms with Crippen molar-refractivity contribution >= 4 is 23.0 Å². The molecule has 0 bridgehead atoms. The van der Waals surface area contributed by atoms with Gasteiger partial charge in [0, 0.05) is 55.1 Å². The minimum atomic E-state index is 0.361. The fraction of sp³-hybridized carbons (Fsp3) is 0.391. The van der Waals surface area contributed by atoms with Crippen LogP contribution in [0.3, 0.4) is 0 Å². The van der Waals surface area contributed by atoms with Crippen LogP contribution in [0.2, 0.25) is 0 Å². The molecular weight excluding hydrogens is 410 g/mol. The highest BCUT2D eigenvalue weighted by Crippen LogP contribution is 2.32. The average Bonchev–Trinajstić information content (AvgIpc) is 3.42. The molecule has 1 atom stereocenters. The monoisotopic (exact) mass is 439 g/mol. The van der Waals surface area contributed by atoms with E-state index in [0.717, 1.165) is 49.1 Å². The number of thiophene rings is 1. The zero-order valence-electron chi connectivity index (χ0n) is 17.8. The van der Waals surface area contributed by atoms with E-state index in [9.17, 15) is 0 Å². The third-order valence-corrected chi connectivity index (χ3v) is 5.81. The molecule has 0 fully saturated rings. The molecule has 1 aromatic carbocycles. The van der Waals surface area contributed by atoms with Crippen LogP contribution in [-0.2, 0) is 13.0 Å². The highest BCUT2D eigenvalue weighted by molar-refractivity contribution is 7.09. The van der Waals surface area contributed by atoms with E-state index in [0.29, 0.717) is 25.7 Å². The Labute approximate surface area is 187 Å². The van der Waals surface area contributed by atoms with Crippen LogP contribution in [0.1, 0.15) is 18.2 Å². The molecule has 164 valence electrons. The summed E-state index contributed by atoms with van der Waals surface area (Å²) in [5, 5.41) is 13.3. The summed E-state index contributed by atoms with van der Waals surface area (Å²) in [6, 6.07) is 12.1. The molecule has 1 aliphatic heterocycles. The molecule has 0 amide bonds. The van der Waals surface area contributed by atoms with Crippen LogP contribution in [0.5, 0.6) is 11.5 Å². The van der Waals surface area contributed by atoms with Crippen molar-refractivity contribution in [2.75, 3.05) is 31.6 Å². The van der Waals surface area contributed by atoms with Crippen LogP contribution in [0.4, 0.5) is 5.69 Å². The third kappa shape index (κ3) is 6.49. The summed E-state index contributed by atoms with van der Waals surface area (Å²) < 4.78 is 13.5. The van der Waals surface area contributed by atoms with Gasteiger partial charge >= 0.3 is 0 Å². The van der Waals surface area contributed by atoms with Crippen molar-refractivity contribution in [2.45, 2.75) is 26.3 Å². The number of ether oxygens (including phenoxy) is 2. The highest BCUT2D eigenvalue weighted by atomic mass is 32.1. The van der Waals surface area contributed by atoms with Crippen molar-refractivity contribution in [1.29, 1.82) is 0 Å². The van der Waals surface area contributed by atoms with Gasteiger partial charge in [-0.2, -0.15) is 5.10 Å². The number of fused-ring (bicyclic) bond motifs is 1. The van der Waals surface area contributed by atoms with E-state index in [2.05, 4.69) is 40.2 Å². The van der Waals surface area contributed by atoms with Crippen molar-refractivity contribution < 1.29 is 9.47 Å². The zero-order valence-corrected chi connectivity index (χ0v) is 18.6. The maximum Gasteiger partial charge on any atom is 0.195 e. The standard InChI is InChI=1S/C23H29N5O2S/c1-18(17-28-11-3-9-26-28)16-25-23(24-10-8-20-5-2-14-31-20)27-19-6-7-21-22(15-19)30-13-4-12-29-21/h2-3,5-7,9,11,14-15,18H,4,8,10,12-13,16-17H2,1H3,(H2,24,25,27). The van der Waals surface area contributed by atoms with Gasteiger partial charge in [-0.25, -0.2) is 0 Å². The van der Waals surface area contributed by atoms with E-state index < -0.39 is 0 Å². The summed E-state index contributed by atoms with van der Waals surface area (Å²) in [5.41, 5.74) is 0.923. The van der Waals surface area contributed by atoms with Crippen LogP contribution in [-0.4, -0.2) is 42.0 Å². The van der Waals surface area contributed by atoms with Gasteiger partial charge < -0.3 is 20.1 Å². The molecule has 0 saturated carbocycles. The van der Waals surface area contributed by atoms with Crippen molar-refractivity contribution in [3.63, 3.8) is 0 Å². The minimum Gasteiger partial charge on any atom is -0.490 e. The molecular formula is C23H29N5O2S. The number of aromatic nitrogens is 2. The van der Waals surface area contributed by atoms with E-state index >= 15 is 0 Å². The average molecular weight is 440 g/mol. The number of anilines is 1. The van der Waals surface area contributed by atoms with Gasteiger partial charge in [-0.05, 0) is 42.0 Å². The molecule has 8 heteroatoms. The van der Waals surface area contributed by atoms with Gasteiger partial charge in [-0.3, -0.25) is 9.67 Å². The Hall–Kier alpha value is -3.00. The number of aliphatic imine (C=N–C) groups is 1. The van der Waals surface area contributed by atoms with E-state index in [1.165, 1.54) is 4.88 Å². The Kier molecular flexibility index (Phi) is 7.44. The summed E-state index contributed by atoms with van der Waals surface area (Å²) in [6.45, 7) is 5.88. The summed E-state index contributed by atoms with van der Waals surface area (Å²) in [6.07, 6.45) is 5.64. The van der Waals surface area contributed by atoms with Gasteiger partial charge in [0.2, 0.25) is 0 Å². The first-order valence-electron chi connectivity index (χ1n) is 10.7. The number of hydrogen-bond acceptors (Lipinski definition) is 5. The second kappa shape index (κ2) is 10.9. The molecule has 0 radical (unpaired) electrons. The largest absolute Gasteiger partial charge is 0.490 e. The second-order valence-corrected chi connectivity index (χ2v) is 8.65. The SMILES string of the molecule is CC(CN=C(NCCc1cccs1)Nc1ccc2c(c1)OCCCO2)Cn1cccn1. The number of nitrogens with zero attached hydrogens (tertiary/aromatic N) is 3. The van der Waals surface area contributed by atoms with Crippen molar-refractivity contribution in [3.05, 3.63) is 59.0 Å². The number of hydrogen-bond donors (Lipinski definition) is 2. The van der Waals surface area contributed by atoms with Gasteiger partial charge in [-0.15, -0.1) is 11.3 Å². The zero-order chi connectivity index (χ0) is 21.3. The van der Waals surface area contributed by atoms with Gasteiger partial charge in [0.15, 0.2) is 17.5 Å². The maximum atomic E-state index is 5.82. The quantitative estimate of drug-likeness (QED) is 0.409. The number of guanidine groups is 1. The predicted molar refractivity (Wildman–Crippen MR) is 125 cm³/mol. The van der Waals surface area contributed by atoms with Gasteiger partial charge in [0.25, 0.3) is 0 Å². The lowest BCUT2D eigenvalue weighted by molar-refractivity contribution is 0.297. The van der Waals surface area contributed by atoms with E-state index in [1.54, 1.807) is 17.5 Å². The fourth-order valence-corrected chi connectivity index (χ4v) is 4.02. The Morgan fingerprint density at radius 1 is 1.23 bits per heavy atom. The van der Waals surface area contributed by atoms with Gasteiger partial charge in [-0.1, -0.05) is 13.0 Å². The van der Waals surface area contributed by atoms with Crippen LogP contribution >= 0.6 is 11.3 Å². The smallest absolute Gasteiger partial charge is 0.195 e. The van der Waals surface area contributed by atoms with Crippen LogP contribution in [0.25, 0.3) is 0 Å². The Morgan fingerprint density at radius 2 is 2.13 bits per heavy atom. The molecule has 1 aliphatic rings. The number of rotatable bonds is 8. The van der Waals surface area contributed by atoms with E-state index in [1.807, 2.05) is 35.1 Å². The molecule has 4 rings (SSSR count). The fourth-order valence-electron chi connectivity index (χ4n) is 3.31. The molecule has 0 saturated heterocycles. The molecule has 7 nitrogen and oxygen atoms in total. The molecule has 2 N–H and O–H groups in total. The highest BCUT2D eigenvalue weighted by Gasteiger charge is 2.12. The summed E-state index contributed by atoms with van der Waals surface area (Å²) in [5.74, 6) is 2.69. The van der Waals surface area contributed by atoms with Crippen molar-refractivity contribution in [2.24, 2.45) is 10.9 Å². The van der Waals surface area contributed by atoms with Gasteiger partial charge in [0.05, 0.1) is 13.2 Å². The molecule has 3 heterocycles. The summed E-state index contributed by atoms with van der Waals surface area (Å²) >= 11 is 1.78. The predicted octanol–water partition coefficient (Wildman–Crippen LogP) is 4.04.